The van der Waals surface area contributed by atoms with Crippen LogP contribution in [0.15, 0.2) is 102 Å². The number of benzene rings is 4. The maximum absolute atomic E-state index is 14.8. The van der Waals surface area contributed by atoms with Gasteiger partial charge in [0.15, 0.2) is 0 Å². The standard InChI is InChI=1S/C60H71FN8O8S/c1-38(2)46-7-5-6-8-48(46)54-37-66(36-40-9-14-47(41-10-11-41)55(27-40)76-4)25-26-68(54)43-31-60(32-43)21-23-67(24-22-60)42-12-15-49(56(28-42)77-44-29-50-51(61)35-64-57(50)63-34-44)58(70)65-78(74,75)45-13-16-52(53(30-45)69(72)73)62-33-39-17-19-59(3,71)20-18-39/h5-9,12-16,27-30,34-35,38-39,41,43,54,62,71H,10-11,17-26,31-33,36-37H2,1-4H3,(H,63,64)(H,65,70)/t39?,54-,59?/m0/s1. The number of nitro benzene ring substituents is 1. The molecule has 4 aromatic carbocycles. The van der Waals surface area contributed by atoms with Crippen LogP contribution in [0.1, 0.15) is 135 Å². The number of amides is 1. The fourth-order valence-corrected chi connectivity index (χ4v) is 13.8. The molecule has 1 atom stereocenters. The highest BCUT2D eigenvalue weighted by atomic mass is 32.2. The van der Waals surface area contributed by atoms with Crippen molar-refractivity contribution in [3.8, 4) is 17.2 Å². The molecule has 412 valence electrons. The van der Waals surface area contributed by atoms with E-state index < -0.39 is 42.9 Å². The second-order valence-corrected chi connectivity index (χ2v) is 25.0. The molecule has 2 saturated heterocycles. The normalized spacial score (nSPS) is 22.1. The van der Waals surface area contributed by atoms with Crippen LogP contribution < -0.4 is 24.4 Å². The first kappa shape index (κ1) is 53.4. The highest BCUT2D eigenvalue weighted by Crippen LogP contribution is 2.54. The first-order chi connectivity index (χ1) is 37.4. The molecule has 5 fully saturated rings. The van der Waals surface area contributed by atoms with E-state index in [4.69, 9.17) is 9.47 Å². The first-order valence-corrected chi connectivity index (χ1v) is 29.2. The van der Waals surface area contributed by atoms with E-state index in [9.17, 15) is 32.8 Å². The molecule has 1 amide bonds. The van der Waals surface area contributed by atoms with E-state index in [-0.39, 0.29) is 45.5 Å². The summed E-state index contributed by atoms with van der Waals surface area (Å²) in [6, 6.07) is 26.5. The fraction of sp³-hybridized carbons (Fsp3) is 0.467. The number of fused-ring (bicyclic) bond motifs is 1. The number of carbonyl (C=O) groups is 1. The van der Waals surface area contributed by atoms with E-state index >= 15 is 0 Å². The minimum absolute atomic E-state index is 0.0253. The number of sulfonamides is 1. The fourth-order valence-electron chi connectivity index (χ4n) is 12.8. The largest absolute Gasteiger partial charge is 0.496 e. The molecule has 0 radical (unpaired) electrons. The number of piperazine rings is 1. The number of aliphatic hydroxyl groups is 1. The van der Waals surface area contributed by atoms with Gasteiger partial charge in [-0.2, -0.15) is 0 Å². The number of nitrogens with zero attached hydrogens (tertiary/aromatic N) is 5. The lowest BCUT2D eigenvalue weighted by Gasteiger charge is -2.58. The molecule has 6 aromatic rings. The minimum atomic E-state index is -4.65. The Balaban J connectivity index is 0.782. The lowest BCUT2D eigenvalue weighted by Crippen LogP contribution is -2.60. The number of methoxy groups -OCH3 is 1. The van der Waals surface area contributed by atoms with Crippen LogP contribution in [0.4, 0.5) is 21.5 Å². The van der Waals surface area contributed by atoms with E-state index in [1.54, 1.807) is 26.2 Å². The molecule has 2 aromatic heterocycles. The number of piperidine rings is 1. The van der Waals surface area contributed by atoms with Gasteiger partial charge in [0.1, 0.15) is 34.4 Å². The van der Waals surface area contributed by atoms with Crippen LogP contribution >= 0.6 is 0 Å². The number of nitro groups is 1. The zero-order valence-electron chi connectivity index (χ0n) is 45.0. The molecule has 1 spiro atoms. The number of carbonyl (C=O) groups excluding carboxylic acids is 1. The van der Waals surface area contributed by atoms with Crippen LogP contribution in [0.2, 0.25) is 0 Å². The minimum Gasteiger partial charge on any atom is -0.496 e. The summed E-state index contributed by atoms with van der Waals surface area (Å²) in [6.07, 6.45) is 12.0. The Morgan fingerprint density at radius 3 is 2.44 bits per heavy atom. The van der Waals surface area contributed by atoms with Crippen LogP contribution in [0.3, 0.4) is 0 Å². The maximum atomic E-state index is 14.8. The number of ether oxygens (including phenoxy) is 2. The number of H-pyrrole nitrogens is 1. The Hall–Kier alpha value is -6.60. The summed E-state index contributed by atoms with van der Waals surface area (Å²) < 4.78 is 56.8. The third kappa shape index (κ3) is 11.3. The number of halogens is 1. The van der Waals surface area contributed by atoms with Crippen LogP contribution in [-0.4, -0.2) is 102 Å². The van der Waals surface area contributed by atoms with E-state index in [0.29, 0.717) is 42.9 Å². The number of pyridine rings is 1. The van der Waals surface area contributed by atoms with E-state index in [1.807, 2.05) is 0 Å². The van der Waals surface area contributed by atoms with Gasteiger partial charge < -0.3 is 29.8 Å². The first-order valence-electron chi connectivity index (χ1n) is 27.7. The highest BCUT2D eigenvalue weighted by Gasteiger charge is 2.50. The Kier molecular flexibility index (Phi) is 14.8. The summed E-state index contributed by atoms with van der Waals surface area (Å²) in [4.78, 5) is 40.0. The summed E-state index contributed by atoms with van der Waals surface area (Å²) in [5.74, 6) is 0.812. The number of aromatic nitrogens is 2. The van der Waals surface area contributed by atoms with Crippen molar-refractivity contribution in [3.63, 3.8) is 0 Å². The smallest absolute Gasteiger partial charge is 0.293 e. The lowest BCUT2D eigenvalue weighted by molar-refractivity contribution is -0.384. The summed E-state index contributed by atoms with van der Waals surface area (Å²) in [6.45, 7) is 12.1. The maximum Gasteiger partial charge on any atom is 0.293 e. The van der Waals surface area contributed by atoms with Crippen LogP contribution in [0.25, 0.3) is 11.0 Å². The van der Waals surface area contributed by atoms with Gasteiger partial charge in [-0.1, -0.05) is 50.2 Å². The van der Waals surface area contributed by atoms with Gasteiger partial charge in [0.25, 0.3) is 21.6 Å². The molecule has 4 N–H and O–H groups in total. The summed E-state index contributed by atoms with van der Waals surface area (Å²) in [7, 11) is -2.86. The van der Waals surface area contributed by atoms with E-state index in [1.165, 1.54) is 71.8 Å². The average Bonchev–Trinajstić information content (AvgIpc) is 4.32. The Morgan fingerprint density at radius 1 is 0.936 bits per heavy atom. The third-order valence-corrected chi connectivity index (χ3v) is 18.9. The van der Waals surface area contributed by atoms with E-state index in [2.05, 4.69) is 91.0 Å². The van der Waals surface area contributed by atoms with Crippen LogP contribution in [0.5, 0.6) is 17.2 Å². The van der Waals surface area contributed by atoms with Crippen molar-refractivity contribution in [2.45, 2.75) is 126 Å². The third-order valence-electron chi connectivity index (χ3n) is 17.6. The van der Waals surface area contributed by atoms with Gasteiger partial charge >= 0.3 is 0 Å². The Bertz CT molecular complexity index is 3320. The molecule has 4 heterocycles. The zero-order valence-corrected chi connectivity index (χ0v) is 45.8. The average molecular weight is 1080 g/mol. The molecule has 11 rings (SSSR count). The lowest BCUT2D eigenvalue weighted by atomic mass is 9.59. The van der Waals surface area contributed by atoms with Gasteiger partial charge in [-0.25, -0.2) is 22.5 Å². The Labute approximate surface area is 455 Å². The van der Waals surface area contributed by atoms with Crippen molar-refractivity contribution >= 4 is 44.0 Å². The molecule has 5 aliphatic rings. The number of hydrogen-bond donors (Lipinski definition) is 4. The molecule has 3 saturated carbocycles. The van der Waals surface area contributed by atoms with Crippen molar-refractivity contribution < 1.29 is 37.1 Å². The van der Waals surface area contributed by atoms with Gasteiger partial charge in [-0.15, -0.1) is 0 Å². The topological polar surface area (TPSA) is 195 Å². The molecule has 18 heteroatoms. The van der Waals surface area contributed by atoms with Gasteiger partial charge in [-0.05, 0) is 153 Å². The van der Waals surface area contributed by atoms with Crippen LogP contribution in [0, 0.1) is 27.3 Å². The summed E-state index contributed by atoms with van der Waals surface area (Å²) in [5.41, 5.74) is 5.56. The molecule has 2 aliphatic heterocycles. The second-order valence-electron chi connectivity index (χ2n) is 23.4. The van der Waals surface area contributed by atoms with Gasteiger partial charge in [0.2, 0.25) is 0 Å². The predicted molar refractivity (Wildman–Crippen MR) is 299 cm³/mol. The highest BCUT2D eigenvalue weighted by molar-refractivity contribution is 7.90. The Morgan fingerprint density at radius 2 is 1.71 bits per heavy atom. The zero-order chi connectivity index (χ0) is 54.5. The second kappa shape index (κ2) is 21.6. The molecule has 16 nitrogen and oxygen atoms in total. The van der Waals surface area contributed by atoms with Crippen molar-refractivity contribution in [1.29, 1.82) is 0 Å². The van der Waals surface area contributed by atoms with Crippen LogP contribution in [-0.2, 0) is 16.6 Å². The quantitative estimate of drug-likeness (QED) is 0.0498. The van der Waals surface area contributed by atoms with E-state index in [0.717, 1.165) is 95.3 Å². The van der Waals surface area contributed by atoms with Crippen molar-refractivity contribution in [2.75, 3.05) is 56.6 Å². The van der Waals surface area contributed by atoms with Gasteiger partial charge in [0.05, 0.1) is 39.7 Å². The predicted octanol–water partition coefficient (Wildman–Crippen LogP) is 11.2. The molecular formula is C60H71FN8O8S. The SMILES string of the molecule is COc1cc(CN2CCN(C3CC4(CCN(c5ccc(C(=O)NS(=O)(=O)c6ccc(NCC7CCC(C)(O)CC7)c([N+](=O)[O-])c6)c(Oc6cnc7[nH]cc(F)c7c6)c5)CC4)C3)[C@H](c3ccccc3C(C)C)C2)ccc1C1CC1. The molecule has 0 unspecified atom stereocenters. The van der Waals surface area contributed by atoms with Crippen molar-refractivity contribution in [1.82, 2.24) is 24.5 Å². The number of anilines is 2. The number of nitrogens with one attached hydrogen (secondary N) is 3. The summed E-state index contributed by atoms with van der Waals surface area (Å²) >= 11 is 0. The van der Waals surface area contributed by atoms with Gasteiger partial charge in [-0.3, -0.25) is 24.7 Å². The number of hydrogen-bond acceptors (Lipinski definition) is 13. The van der Waals surface area contributed by atoms with Gasteiger partial charge in [0, 0.05) is 81.9 Å². The monoisotopic (exact) mass is 1080 g/mol. The summed E-state index contributed by atoms with van der Waals surface area (Å²) in [5, 5.41) is 25.9. The van der Waals surface area contributed by atoms with Crippen molar-refractivity contribution in [2.24, 2.45) is 11.3 Å². The molecule has 78 heavy (non-hydrogen) atoms. The molecular weight excluding hydrogens is 1010 g/mol. The molecule has 0 bridgehead atoms. The number of aromatic amines is 1. The molecule has 3 aliphatic carbocycles. The number of rotatable bonds is 17. The van der Waals surface area contributed by atoms with Crippen molar-refractivity contribution in [3.05, 3.63) is 141 Å².